The Kier molecular flexibility index (Phi) is 2.34. The summed E-state index contributed by atoms with van der Waals surface area (Å²) in [6.45, 7) is 0. The van der Waals surface area contributed by atoms with Crippen molar-refractivity contribution in [1.82, 2.24) is 0 Å². The molecular formula is C11H12FNO2. The van der Waals surface area contributed by atoms with E-state index in [4.69, 9.17) is 5.11 Å². The van der Waals surface area contributed by atoms with Crippen LogP contribution in [0.1, 0.15) is 6.42 Å². The lowest BCUT2D eigenvalue weighted by atomic mass is 10.3. The highest BCUT2D eigenvalue weighted by Gasteiger charge is 2.46. The molecule has 15 heavy (non-hydrogen) atoms. The molecule has 1 aromatic carbocycles. The molecule has 0 aromatic heterocycles. The van der Waals surface area contributed by atoms with Gasteiger partial charge < -0.3 is 10.0 Å². The number of carboxylic acid groups (broad SMARTS) is 1. The molecule has 1 aliphatic rings. The van der Waals surface area contributed by atoms with Crippen LogP contribution in [0.4, 0.5) is 10.1 Å². The number of nitrogens with zero attached hydrogens (tertiary/aromatic N) is 1. The SMILES string of the molecule is CN(c1ccc(F)cc1)C1CC1C(=O)O. The molecule has 4 heteroatoms. The van der Waals surface area contributed by atoms with Crippen molar-refractivity contribution in [2.45, 2.75) is 12.5 Å². The third-order valence-corrected chi connectivity index (χ3v) is 2.81. The predicted molar refractivity (Wildman–Crippen MR) is 54.3 cm³/mol. The summed E-state index contributed by atoms with van der Waals surface area (Å²) in [4.78, 5) is 12.6. The molecular weight excluding hydrogens is 197 g/mol. The molecule has 2 unspecified atom stereocenters. The molecule has 3 nitrogen and oxygen atoms in total. The highest BCUT2D eigenvalue weighted by molar-refractivity contribution is 5.76. The molecule has 1 N–H and O–H groups in total. The minimum atomic E-state index is -0.756. The predicted octanol–water partition coefficient (Wildman–Crippen LogP) is 1.73. The van der Waals surface area contributed by atoms with Gasteiger partial charge in [0, 0.05) is 18.8 Å². The van der Waals surface area contributed by atoms with Crippen LogP contribution in [0, 0.1) is 11.7 Å². The van der Waals surface area contributed by atoms with Crippen molar-refractivity contribution < 1.29 is 14.3 Å². The lowest BCUT2D eigenvalue weighted by molar-refractivity contribution is -0.138. The summed E-state index contributed by atoms with van der Waals surface area (Å²) >= 11 is 0. The molecule has 0 bridgehead atoms. The van der Waals surface area contributed by atoms with E-state index in [2.05, 4.69) is 0 Å². The van der Waals surface area contributed by atoms with Crippen LogP contribution in [-0.2, 0) is 4.79 Å². The molecule has 0 aliphatic heterocycles. The van der Waals surface area contributed by atoms with Crippen LogP contribution in [0.5, 0.6) is 0 Å². The Hall–Kier alpha value is -1.58. The third-order valence-electron chi connectivity index (χ3n) is 2.81. The molecule has 0 spiro atoms. The second-order valence-electron chi connectivity index (χ2n) is 3.84. The third kappa shape index (κ3) is 1.93. The second kappa shape index (κ2) is 3.53. The van der Waals surface area contributed by atoms with Crippen LogP contribution in [0.2, 0.25) is 0 Å². The number of aliphatic carboxylic acids is 1. The van der Waals surface area contributed by atoms with E-state index >= 15 is 0 Å². The van der Waals surface area contributed by atoms with Crippen molar-refractivity contribution in [3.8, 4) is 0 Å². The quantitative estimate of drug-likeness (QED) is 0.824. The van der Waals surface area contributed by atoms with Crippen LogP contribution < -0.4 is 4.90 Å². The highest BCUT2D eigenvalue weighted by Crippen LogP contribution is 2.37. The lowest BCUT2D eigenvalue weighted by Gasteiger charge is -2.18. The van der Waals surface area contributed by atoms with E-state index in [9.17, 15) is 9.18 Å². The Morgan fingerprint density at radius 2 is 2.07 bits per heavy atom. The molecule has 0 amide bonds. The van der Waals surface area contributed by atoms with Gasteiger partial charge in [0.25, 0.3) is 0 Å². The van der Waals surface area contributed by atoms with Crippen molar-refractivity contribution in [3.05, 3.63) is 30.1 Å². The Morgan fingerprint density at radius 1 is 1.47 bits per heavy atom. The number of hydrogen-bond acceptors (Lipinski definition) is 2. The minimum Gasteiger partial charge on any atom is -0.481 e. The van der Waals surface area contributed by atoms with Crippen LogP contribution in [0.25, 0.3) is 0 Å². The first-order chi connectivity index (χ1) is 7.09. The average molecular weight is 209 g/mol. The number of anilines is 1. The van der Waals surface area contributed by atoms with Gasteiger partial charge in [0.15, 0.2) is 0 Å². The van der Waals surface area contributed by atoms with Crippen LogP contribution in [-0.4, -0.2) is 24.2 Å². The summed E-state index contributed by atoms with van der Waals surface area (Å²) in [6.07, 6.45) is 0.670. The van der Waals surface area contributed by atoms with E-state index in [1.807, 2.05) is 11.9 Å². The maximum atomic E-state index is 12.7. The second-order valence-corrected chi connectivity index (χ2v) is 3.84. The van der Waals surface area contributed by atoms with E-state index in [0.29, 0.717) is 6.42 Å². The highest BCUT2D eigenvalue weighted by atomic mass is 19.1. The lowest BCUT2D eigenvalue weighted by Crippen LogP contribution is -2.23. The first kappa shape index (κ1) is 9.96. The molecule has 0 radical (unpaired) electrons. The van der Waals surface area contributed by atoms with Gasteiger partial charge in [0.05, 0.1) is 5.92 Å². The number of benzene rings is 1. The van der Waals surface area contributed by atoms with Gasteiger partial charge >= 0.3 is 5.97 Å². The van der Waals surface area contributed by atoms with E-state index in [0.717, 1.165) is 5.69 Å². The van der Waals surface area contributed by atoms with Gasteiger partial charge in [-0.2, -0.15) is 0 Å². The molecule has 1 saturated carbocycles. The zero-order valence-corrected chi connectivity index (χ0v) is 8.35. The molecule has 80 valence electrons. The van der Waals surface area contributed by atoms with E-state index in [1.165, 1.54) is 12.1 Å². The van der Waals surface area contributed by atoms with Crippen LogP contribution in [0.3, 0.4) is 0 Å². The van der Waals surface area contributed by atoms with Crippen LogP contribution in [0.15, 0.2) is 24.3 Å². The van der Waals surface area contributed by atoms with E-state index in [1.54, 1.807) is 12.1 Å². The van der Waals surface area contributed by atoms with Gasteiger partial charge in [-0.3, -0.25) is 4.79 Å². The van der Waals surface area contributed by atoms with Crippen molar-refractivity contribution in [1.29, 1.82) is 0 Å². The van der Waals surface area contributed by atoms with Crippen molar-refractivity contribution in [2.75, 3.05) is 11.9 Å². The number of carbonyl (C=O) groups is 1. The number of halogens is 1. The fraction of sp³-hybridized carbons (Fsp3) is 0.364. The molecule has 1 aliphatic carbocycles. The first-order valence-corrected chi connectivity index (χ1v) is 4.81. The first-order valence-electron chi connectivity index (χ1n) is 4.81. The smallest absolute Gasteiger partial charge is 0.308 e. The van der Waals surface area contributed by atoms with Crippen molar-refractivity contribution in [3.63, 3.8) is 0 Å². The zero-order chi connectivity index (χ0) is 11.0. The summed E-state index contributed by atoms with van der Waals surface area (Å²) in [7, 11) is 1.83. The number of rotatable bonds is 3. The summed E-state index contributed by atoms with van der Waals surface area (Å²) in [5.74, 6) is -1.31. The van der Waals surface area contributed by atoms with Gasteiger partial charge in [0.1, 0.15) is 5.82 Å². The van der Waals surface area contributed by atoms with E-state index < -0.39 is 5.97 Å². The standard InChI is InChI=1S/C11H12FNO2/c1-13(10-6-9(10)11(14)15)8-4-2-7(12)3-5-8/h2-5,9-10H,6H2,1H3,(H,14,15). The maximum Gasteiger partial charge on any atom is 0.308 e. The minimum absolute atomic E-state index is 0.0490. The van der Waals surface area contributed by atoms with Gasteiger partial charge in [-0.05, 0) is 30.7 Å². The van der Waals surface area contributed by atoms with Gasteiger partial charge in [-0.1, -0.05) is 0 Å². The molecule has 0 heterocycles. The molecule has 1 aromatic rings. The van der Waals surface area contributed by atoms with Gasteiger partial charge in [-0.25, -0.2) is 4.39 Å². The number of carboxylic acids is 1. The topological polar surface area (TPSA) is 40.5 Å². The normalized spacial score (nSPS) is 23.6. The molecule has 2 rings (SSSR count). The monoisotopic (exact) mass is 209 g/mol. The Morgan fingerprint density at radius 3 is 2.53 bits per heavy atom. The number of hydrogen-bond donors (Lipinski definition) is 1. The van der Waals surface area contributed by atoms with Gasteiger partial charge in [0.2, 0.25) is 0 Å². The summed E-state index contributed by atoms with van der Waals surface area (Å²) < 4.78 is 12.7. The molecule has 1 fully saturated rings. The Balaban J connectivity index is 2.06. The largest absolute Gasteiger partial charge is 0.481 e. The maximum absolute atomic E-state index is 12.7. The zero-order valence-electron chi connectivity index (χ0n) is 8.35. The van der Waals surface area contributed by atoms with Crippen molar-refractivity contribution >= 4 is 11.7 Å². The van der Waals surface area contributed by atoms with Crippen LogP contribution >= 0.6 is 0 Å². The van der Waals surface area contributed by atoms with Gasteiger partial charge in [-0.15, -0.1) is 0 Å². The molecule has 0 saturated heterocycles. The average Bonchev–Trinajstić information content (AvgIpc) is 2.97. The summed E-state index contributed by atoms with van der Waals surface area (Å²) in [5.41, 5.74) is 0.852. The fourth-order valence-electron chi connectivity index (χ4n) is 1.74. The fourth-order valence-corrected chi connectivity index (χ4v) is 1.74. The Bertz CT molecular complexity index is 377. The molecule has 2 atom stereocenters. The Labute approximate surface area is 87.1 Å². The summed E-state index contributed by atoms with van der Waals surface area (Å²) in [5, 5.41) is 8.78. The van der Waals surface area contributed by atoms with E-state index in [-0.39, 0.29) is 17.8 Å². The van der Waals surface area contributed by atoms with Crippen molar-refractivity contribution in [2.24, 2.45) is 5.92 Å². The summed E-state index contributed by atoms with van der Waals surface area (Å²) in [6, 6.07) is 6.13.